The van der Waals surface area contributed by atoms with E-state index in [0.29, 0.717) is 24.1 Å². The van der Waals surface area contributed by atoms with Crippen LogP contribution in [-0.2, 0) is 15.2 Å². The summed E-state index contributed by atoms with van der Waals surface area (Å²) in [6, 6.07) is 17.5. The van der Waals surface area contributed by atoms with Gasteiger partial charge in [0.15, 0.2) is 5.60 Å². The molecule has 132 valence electrons. The van der Waals surface area contributed by atoms with Crippen molar-refractivity contribution < 1.29 is 19.8 Å². The van der Waals surface area contributed by atoms with Gasteiger partial charge in [0.25, 0.3) is 5.91 Å². The lowest BCUT2D eigenvalue weighted by Gasteiger charge is -2.34. The molecule has 2 rings (SSSR count). The number of hydrogen-bond donors (Lipinski definition) is 2. The molecule has 2 aromatic carbocycles. The van der Waals surface area contributed by atoms with E-state index in [-0.39, 0.29) is 13.0 Å². The quantitative estimate of drug-likeness (QED) is 0.774. The first-order valence-corrected chi connectivity index (χ1v) is 8.34. The highest BCUT2D eigenvalue weighted by atomic mass is 16.4. The maximum absolute atomic E-state index is 13.3. The van der Waals surface area contributed by atoms with E-state index in [1.54, 1.807) is 48.5 Å². The van der Waals surface area contributed by atoms with E-state index >= 15 is 0 Å². The molecule has 0 heterocycles. The highest BCUT2D eigenvalue weighted by molar-refractivity contribution is 5.90. The third kappa shape index (κ3) is 4.25. The standard InChI is InChI=1S/C20H23NO4/c1-2-14-21(15-13-18(22)23)19(24)20(25,16-9-5-3-6-10-16)17-11-7-4-8-12-17/h3-12,25H,2,13-15H2,1H3,(H,22,23). The molecule has 0 fully saturated rings. The molecule has 0 radical (unpaired) electrons. The Hall–Kier alpha value is -2.66. The summed E-state index contributed by atoms with van der Waals surface area (Å²) in [7, 11) is 0. The first-order valence-electron chi connectivity index (χ1n) is 8.34. The molecule has 2 N–H and O–H groups in total. The number of amides is 1. The number of hydrogen-bond acceptors (Lipinski definition) is 3. The minimum absolute atomic E-state index is 0.0595. The fourth-order valence-corrected chi connectivity index (χ4v) is 2.82. The molecule has 0 aliphatic heterocycles. The number of nitrogens with zero attached hydrogens (tertiary/aromatic N) is 1. The molecule has 5 nitrogen and oxygen atoms in total. The maximum Gasteiger partial charge on any atom is 0.305 e. The highest BCUT2D eigenvalue weighted by Gasteiger charge is 2.42. The van der Waals surface area contributed by atoms with Crippen LogP contribution in [0.2, 0.25) is 0 Å². The number of aliphatic hydroxyl groups is 1. The number of carboxylic acids is 1. The third-order valence-corrected chi connectivity index (χ3v) is 4.07. The van der Waals surface area contributed by atoms with E-state index in [2.05, 4.69) is 0 Å². The summed E-state index contributed by atoms with van der Waals surface area (Å²) in [6.07, 6.45) is 0.510. The van der Waals surface area contributed by atoms with Crippen LogP contribution in [0.4, 0.5) is 0 Å². The first kappa shape index (κ1) is 18.7. The van der Waals surface area contributed by atoms with Crippen LogP contribution in [-0.4, -0.2) is 40.1 Å². The van der Waals surface area contributed by atoms with Crippen molar-refractivity contribution in [3.63, 3.8) is 0 Å². The van der Waals surface area contributed by atoms with Crippen molar-refractivity contribution in [1.82, 2.24) is 4.90 Å². The van der Waals surface area contributed by atoms with E-state index in [1.807, 2.05) is 19.1 Å². The molecule has 1 amide bonds. The zero-order valence-electron chi connectivity index (χ0n) is 14.3. The molecule has 0 aromatic heterocycles. The fraction of sp³-hybridized carbons (Fsp3) is 0.300. The molecule has 0 aliphatic rings. The van der Waals surface area contributed by atoms with Crippen molar-refractivity contribution in [2.24, 2.45) is 0 Å². The Labute approximate surface area is 147 Å². The van der Waals surface area contributed by atoms with Gasteiger partial charge in [0.05, 0.1) is 6.42 Å². The van der Waals surface area contributed by atoms with E-state index in [1.165, 1.54) is 4.90 Å². The number of carbonyl (C=O) groups is 2. The average Bonchev–Trinajstić information content (AvgIpc) is 2.65. The Morgan fingerprint density at radius 1 is 0.920 bits per heavy atom. The zero-order chi connectivity index (χ0) is 18.3. The summed E-state index contributed by atoms with van der Waals surface area (Å²) in [5.74, 6) is -1.48. The molecule has 0 saturated carbocycles. The van der Waals surface area contributed by atoms with Crippen LogP contribution in [0.25, 0.3) is 0 Å². The van der Waals surface area contributed by atoms with Crippen LogP contribution in [0.3, 0.4) is 0 Å². The minimum Gasteiger partial charge on any atom is -0.481 e. The number of benzene rings is 2. The Balaban J connectivity index is 2.47. The predicted octanol–water partition coefficient (Wildman–Crippen LogP) is 2.64. The van der Waals surface area contributed by atoms with Gasteiger partial charge in [0.2, 0.25) is 0 Å². The summed E-state index contributed by atoms with van der Waals surface area (Å²) in [6.45, 7) is 2.35. The van der Waals surface area contributed by atoms with Crippen molar-refractivity contribution in [3.8, 4) is 0 Å². The van der Waals surface area contributed by atoms with Crippen LogP contribution in [0.15, 0.2) is 60.7 Å². The largest absolute Gasteiger partial charge is 0.481 e. The Morgan fingerprint density at radius 2 is 1.40 bits per heavy atom. The normalized spacial score (nSPS) is 11.1. The summed E-state index contributed by atoms with van der Waals surface area (Å²) in [5.41, 5.74) is -0.929. The molecule has 5 heteroatoms. The summed E-state index contributed by atoms with van der Waals surface area (Å²) in [4.78, 5) is 25.6. The van der Waals surface area contributed by atoms with Gasteiger partial charge in [-0.3, -0.25) is 9.59 Å². The molecule has 0 bridgehead atoms. The first-order chi connectivity index (χ1) is 12.0. The maximum atomic E-state index is 13.3. The summed E-state index contributed by atoms with van der Waals surface area (Å²) in [5, 5.41) is 20.4. The number of rotatable bonds is 8. The molecule has 25 heavy (non-hydrogen) atoms. The lowest BCUT2D eigenvalue weighted by atomic mass is 9.85. The van der Waals surface area contributed by atoms with E-state index in [4.69, 9.17) is 5.11 Å². The monoisotopic (exact) mass is 341 g/mol. The van der Waals surface area contributed by atoms with Crippen molar-refractivity contribution in [2.45, 2.75) is 25.4 Å². The second-order valence-corrected chi connectivity index (χ2v) is 5.88. The third-order valence-electron chi connectivity index (χ3n) is 4.07. The van der Waals surface area contributed by atoms with Crippen LogP contribution in [0.1, 0.15) is 30.9 Å². The molecular weight excluding hydrogens is 318 g/mol. The predicted molar refractivity (Wildman–Crippen MR) is 95.0 cm³/mol. The van der Waals surface area contributed by atoms with Crippen molar-refractivity contribution in [1.29, 1.82) is 0 Å². The van der Waals surface area contributed by atoms with Crippen LogP contribution in [0, 0.1) is 0 Å². The van der Waals surface area contributed by atoms with E-state index in [9.17, 15) is 14.7 Å². The van der Waals surface area contributed by atoms with Gasteiger partial charge < -0.3 is 15.1 Å². The molecule has 0 saturated heterocycles. The molecule has 0 spiro atoms. The Bertz CT molecular complexity index is 661. The average molecular weight is 341 g/mol. The van der Waals surface area contributed by atoms with Crippen molar-refractivity contribution in [3.05, 3.63) is 71.8 Å². The molecule has 0 aliphatic carbocycles. The van der Waals surface area contributed by atoms with Crippen molar-refractivity contribution >= 4 is 11.9 Å². The topological polar surface area (TPSA) is 77.8 Å². The van der Waals surface area contributed by atoms with Gasteiger partial charge in [-0.25, -0.2) is 0 Å². The van der Waals surface area contributed by atoms with Crippen molar-refractivity contribution in [2.75, 3.05) is 13.1 Å². The van der Waals surface area contributed by atoms with Gasteiger partial charge in [-0.2, -0.15) is 0 Å². The van der Waals surface area contributed by atoms with Crippen LogP contribution in [0.5, 0.6) is 0 Å². The van der Waals surface area contributed by atoms with Gasteiger partial charge in [-0.1, -0.05) is 67.6 Å². The van der Waals surface area contributed by atoms with Crippen LogP contribution >= 0.6 is 0 Å². The van der Waals surface area contributed by atoms with E-state index < -0.39 is 17.5 Å². The summed E-state index contributed by atoms with van der Waals surface area (Å²) < 4.78 is 0. The fourth-order valence-electron chi connectivity index (χ4n) is 2.82. The van der Waals surface area contributed by atoms with Gasteiger partial charge in [0, 0.05) is 13.1 Å². The SMILES string of the molecule is CCCN(CCC(=O)O)C(=O)C(O)(c1ccccc1)c1ccccc1. The smallest absolute Gasteiger partial charge is 0.305 e. The molecule has 2 aromatic rings. The molecule has 0 atom stereocenters. The highest BCUT2D eigenvalue weighted by Crippen LogP contribution is 2.32. The van der Waals surface area contributed by atoms with Gasteiger partial charge in [-0.15, -0.1) is 0 Å². The second kappa shape index (κ2) is 8.44. The number of carbonyl (C=O) groups excluding carboxylic acids is 1. The van der Waals surface area contributed by atoms with Gasteiger partial charge >= 0.3 is 5.97 Å². The Kier molecular flexibility index (Phi) is 6.31. The lowest BCUT2D eigenvalue weighted by molar-refractivity contribution is -0.149. The van der Waals surface area contributed by atoms with E-state index in [0.717, 1.165) is 0 Å². The van der Waals surface area contributed by atoms with Crippen LogP contribution < -0.4 is 0 Å². The zero-order valence-corrected chi connectivity index (χ0v) is 14.3. The summed E-state index contributed by atoms with van der Waals surface area (Å²) >= 11 is 0. The lowest BCUT2D eigenvalue weighted by Crippen LogP contribution is -2.48. The van der Waals surface area contributed by atoms with Gasteiger partial charge in [0.1, 0.15) is 0 Å². The Morgan fingerprint density at radius 3 is 1.80 bits per heavy atom. The molecular formula is C20H23NO4. The van der Waals surface area contributed by atoms with Gasteiger partial charge in [-0.05, 0) is 17.5 Å². The second-order valence-electron chi connectivity index (χ2n) is 5.88. The molecule has 0 unspecified atom stereocenters. The number of aliphatic carboxylic acids is 1. The minimum atomic E-state index is -1.85. The number of carboxylic acid groups (broad SMARTS) is 1.